The molecule has 0 atom stereocenters. The highest BCUT2D eigenvalue weighted by molar-refractivity contribution is 6.30. The van der Waals surface area contributed by atoms with Gasteiger partial charge in [-0.2, -0.15) is 0 Å². The maximum atomic E-state index is 13.4. The molecular weight excluding hydrogens is 201 g/mol. The van der Waals surface area contributed by atoms with Crippen LogP contribution in [0.4, 0.5) is 4.39 Å². The largest absolute Gasteiger partial charge is 0.327 e. The van der Waals surface area contributed by atoms with Gasteiger partial charge in [0.05, 0.1) is 5.02 Å². The van der Waals surface area contributed by atoms with Gasteiger partial charge in [0.25, 0.3) is 0 Å². The van der Waals surface area contributed by atoms with Crippen LogP contribution < -0.4 is 5.73 Å². The minimum absolute atomic E-state index is 0.169. The van der Waals surface area contributed by atoms with E-state index in [4.69, 9.17) is 17.3 Å². The highest BCUT2D eigenvalue weighted by atomic mass is 35.5. The van der Waals surface area contributed by atoms with Crippen molar-refractivity contribution < 1.29 is 4.39 Å². The summed E-state index contributed by atoms with van der Waals surface area (Å²) >= 11 is 5.66. The van der Waals surface area contributed by atoms with E-state index in [0.29, 0.717) is 5.56 Å². The summed E-state index contributed by atoms with van der Waals surface area (Å²) in [7, 11) is 0. The first-order valence-corrected chi connectivity index (χ1v) is 4.93. The predicted molar refractivity (Wildman–Crippen MR) is 56.6 cm³/mol. The van der Waals surface area contributed by atoms with E-state index in [1.54, 1.807) is 18.2 Å². The maximum Gasteiger partial charge on any atom is 0.148 e. The van der Waals surface area contributed by atoms with Crippen molar-refractivity contribution in [2.45, 2.75) is 18.9 Å². The Hall–Kier alpha value is -0.860. The van der Waals surface area contributed by atoms with Gasteiger partial charge in [0.15, 0.2) is 0 Å². The highest BCUT2D eigenvalue weighted by Gasteiger charge is 2.19. The summed E-state index contributed by atoms with van der Waals surface area (Å²) in [6.45, 7) is 0. The normalized spacial score (nSPS) is 20.5. The summed E-state index contributed by atoms with van der Waals surface area (Å²) in [5.41, 5.74) is 7.38. The van der Waals surface area contributed by atoms with Gasteiger partial charge in [-0.15, -0.1) is 0 Å². The van der Waals surface area contributed by atoms with Gasteiger partial charge >= 0.3 is 0 Å². The van der Waals surface area contributed by atoms with Crippen molar-refractivity contribution in [3.8, 4) is 0 Å². The second-order valence-corrected chi connectivity index (χ2v) is 4.02. The minimum Gasteiger partial charge on any atom is -0.327 e. The van der Waals surface area contributed by atoms with Crippen LogP contribution in [0.3, 0.4) is 0 Å². The molecular formula is C11H11ClFN. The molecule has 0 bridgehead atoms. The van der Waals surface area contributed by atoms with E-state index >= 15 is 0 Å². The van der Waals surface area contributed by atoms with Gasteiger partial charge in [-0.25, -0.2) is 4.39 Å². The Morgan fingerprint density at radius 2 is 2.14 bits per heavy atom. The molecule has 3 heteroatoms. The van der Waals surface area contributed by atoms with E-state index in [9.17, 15) is 4.39 Å². The lowest BCUT2D eigenvalue weighted by Gasteiger charge is -2.25. The van der Waals surface area contributed by atoms with Crippen LogP contribution in [-0.4, -0.2) is 6.04 Å². The minimum atomic E-state index is -0.345. The molecule has 0 unspecified atom stereocenters. The van der Waals surface area contributed by atoms with Gasteiger partial charge < -0.3 is 5.73 Å². The second kappa shape index (κ2) is 3.71. The monoisotopic (exact) mass is 211 g/mol. The van der Waals surface area contributed by atoms with Crippen LogP contribution in [0, 0.1) is 5.82 Å². The van der Waals surface area contributed by atoms with Crippen LogP contribution in [0.25, 0.3) is 6.08 Å². The quantitative estimate of drug-likeness (QED) is 0.760. The van der Waals surface area contributed by atoms with Crippen molar-refractivity contribution in [1.82, 2.24) is 0 Å². The lowest BCUT2D eigenvalue weighted by atomic mass is 9.86. The van der Waals surface area contributed by atoms with Crippen molar-refractivity contribution in [2.24, 2.45) is 5.73 Å². The number of rotatable bonds is 1. The molecule has 0 amide bonds. The van der Waals surface area contributed by atoms with Crippen LogP contribution in [0.15, 0.2) is 23.8 Å². The second-order valence-electron chi connectivity index (χ2n) is 3.61. The predicted octanol–water partition coefficient (Wildman–Crippen LogP) is 2.98. The molecule has 0 saturated heterocycles. The SMILES string of the molecule is NC1CC(=Cc2cccc(Cl)c2F)C1. The third kappa shape index (κ3) is 1.81. The van der Waals surface area contributed by atoms with E-state index in [2.05, 4.69) is 0 Å². The summed E-state index contributed by atoms with van der Waals surface area (Å²) in [6, 6.07) is 5.27. The topological polar surface area (TPSA) is 26.0 Å². The van der Waals surface area contributed by atoms with E-state index in [-0.39, 0.29) is 16.9 Å². The smallest absolute Gasteiger partial charge is 0.148 e. The van der Waals surface area contributed by atoms with Crippen molar-refractivity contribution in [3.63, 3.8) is 0 Å². The fourth-order valence-electron chi connectivity index (χ4n) is 1.58. The molecule has 0 spiro atoms. The number of nitrogens with two attached hydrogens (primary N) is 1. The van der Waals surface area contributed by atoms with E-state index < -0.39 is 0 Å². The fraction of sp³-hybridized carbons (Fsp3) is 0.273. The maximum absolute atomic E-state index is 13.4. The molecule has 1 nitrogen and oxygen atoms in total. The third-order valence-electron chi connectivity index (χ3n) is 2.39. The standard InChI is InChI=1S/C11H11ClFN/c12-10-3-1-2-8(11(10)13)4-7-5-9(14)6-7/h1-4,9H,5-6,14H2. The van der Waals surface area contributed by atoms with Crippen LogP contribution in [0.5, 0.6) is 0 Å². The Labute approximate surface area is 87.4 Å². The Morgan fingerprint density at radius 3 is 2.79 bits per heavy atom. The van der Waals surface area contributed by atoms with Crippen LogP contribution in [0.2, 0.25) is 5.02 Å². The van der Waals surface area contributed by atoms with Gasteiger partial charge in [-0.05, 0) is 18.9 Å². The molecule has 0 radical (unpaired) electrons. The zero-order valence-corrected chi connectivity index (χ0v) is 8.39. The fourth-order valence-corrected chi connectivity index (χ4v) is 1.77. The van der Waals surface area contributed by atoms with Gasteiger partial charge in [0, 0.05) is 11.6 Å². The molecule has 74 valence electrons. The summed E-state index contributed by atoms with van der Waals surface area (Å²) < 4.78 is 13.4. The van der Waals surface area contributed by atoms with E-state index in [0.717, 1.165) is 12.8 Å². The molecule has 1 aromatic rings. The number of halogens is 2. The van der Waals surface area contributed by atoms with Crippen molar-refractivity contribution in [1.29, 1.82) is 0 Å². The molecule has 1 aliphatic rings. The molecule has 0 aromatic heterocycles. The molecule has 0 aliphatic heterocycles. The van der Waals surface area contributed by atoms with E-state index in [1.807, 2.05) is 6.08 Å². The first kappa shape index (κ1) is 9.69. The van der Waals surface area contributed by atoms with Crippen molar-refractivity contribution in [2.75, 3.05) is 0 Å². The van der Waals surface area contributed by atoms with Crippen LogP contribution >= 0.6 is 11.6 Å². The molecule has 1 aromatic carbocycles. The first-order chi connectivity index (χ1) is 6.66. The van der Waals surface area contributed by atoms with Gasteiger partial charge in [0.1, 0.15) is 5.82 Å². The van der Waals surface area contributed by atoms with Crippen LogP contribution in [0.1, 0.15) is 18.4 Å². The summed E-state index contributed by atoms with van der Waals surface area (Å²) in [4.78, 5) is 0. The number of benzene rings is 1. The first-order valence-electron chi connectivity index (χ1n) is 4.56. The summed E-state index contributed by atoms with van der Waals surface area (Å²) in [5, 5.41) is 0.169. The molecule has 2 N–H and O–H groups in total. The number of hydrogen-bond donors (Lipinski definition) is 1. The Morgan fingerprint density at radius 1 is 1.43 bits per heavy atom. The average Bonchev–Trinajstić information content (AvgIpc) is 2.10. The Bertz CT molecular complexity index is 379. The zero-order valence-electron chi connectivity index (χ0n) is 7.63. The van der Waals surface area contributed by atoms with Crippen molar-refractivity contribution >= 4 is 17.7 Å². The molecule has 14 heavy (non-hydrogen) atoms. The lowest BCUT2D eigenvalue weighted by Crippen LogP contribution is -2.29. The zero-order chi connectivity index (χ0) is 10.1. The summed E-state index contributed by atoms with van der Waals surface area (Å²) in [6.07, 6.45) is 3.57. The molecule has 1 saturated carbocycles. The van der Waals surface area contributed by atoms with Crippen molar-refractivity contribution in [3.05, 3.63) is 40.2 Å². The van der Waals surface area contributed by atoms with Gasteiger partial charge in [0.2, 0.25) is 0 Å². The Balaban J connectivity index is 2.25. The molecule has 1 aliphatic carbocycles. The van der Waals surface area contributed by atoms with Crippen LogP contribution in [-0.2, 0) is 0 Å². The molecule has 0 heterocycles. The lowest BCUT2D eigenvalue weighted by molar-refractivity contribution is 0.546. The number of hydrogen-bond acceptors (Lipinski definition) is 1. The molecule has 1 fully saturated rings. The van der Waals surface area contributed by atoms with E-state index in [1.165, 1.54) is 5.57 Å². The Kier molecular flexibility index (Phi) is 2.57. The molecule has 2 rings (SSSR count). The highest BCUT2D eigenvalue weighted by Crippen LogP contribution is 2.28. The van der Waals surface area contributed by atoms with Gasteiger partial charge in [-0.3, -0.25) is 0 Å². The van der Waals surface area contributed by atoms with Gasteiger partial charge in [-0.1, -0.05) is 35.4 Å². The average molecular weight is 212 g/mol. The third-order valence-corrected chi connectivity index (χ3v) is 2.68. The summed E-state index contributed by atoms with van der Waals surface area (Å²) in [5.74, 6) is -0.345.